The number of imide groups is 1. The van der Waals surface area contributed by atoms with Gasteiger partial charge in [0.2, 0.25) is 0 Å². The Labute approximate surface area is 156 Å². The Morgan fingerprint density at radius 1 is 1.04 bits per heavy atom. The second-order valence-electron chi connectivity index (χ2n) is 4.94. The number of carbonyl (C=O) groups is 3. The van der Waals surface area contributed by atoms with E-state index >= 15 is 0 Å². The van der Waals surface area contributed by atoms with Crippen molar-refractivity contribution in [3.05, 3.63) is 68.5 Å². The minimum atomic E-state index is -0.569. The molecule has 1 aliphatic rings. The summed E-state index contributed by atoms with van der Waals surface area (Å²) >= 11 is 12.5. The van der Waals surface area contributed by atoms with Gasteiger partial charge in [-0.05, 0) is 53.7 Å². The van der Waals surface area contributed by atoms with Crippen molar-refractivity contribution < 1.29 is 19.1 Å². The van der Waals surface area contributed by atoms with Crippen molar-refractivity contribution in [1.29, 1.82) is 0 Å². The smallest absolute Gasteiger partial charge is 0.343 e. The van der Waals surface area contributed by atoms with Crippen LogP contribution in [0.4, 0.5) is 4.79 Å². The lowest BCUT2D eigenvalue weighted by Crippen LogP contribution is -2.17. The van der Waals surface area contributed by atoms with E-state index in [0.29, 0.717) is 21.2 Å². The zero-order valence-electron chi connectivity index (χ0n) is 12.4. The van der Waals surface area contributed by atoms with E-state index in [1.54, 1.807) is 30.3 Å². The van der Waals surface area contributed by atoms with Gasteiger partial charge in [-0.2, -0.15) is 0 Å². The van der Waals surface area contributed by atoms with Crippen molar-refractivity contribution in [3.8, 4) is 5.75 Å². The molecule has 1 heterocycles. The molecule has 25 heavy (non-hydrogen) atoms. The van der Waals surface area contributed by atoms with E-state index in [4.69, 9.17) is 27.9 Å². The third-order valence-electron chi connectivity index (χ3n) is 3.19. The Hall–Kier alpha value is -2.28. The fourth-order valence-electron chi connectivity index (χ4n) is 1.99. The summed E-state index contributed by atoms with van der Waals surface area (Å²) in [7, 11) is 0. The fourth-order valence-corrected chi connectivity index (χ4v) is 2.97. The van der Waals surface area contributed by atoms with Crippen LogP contribution in [-0.2, 0) is 4.79 Å². The molecule has 1 fully saturated rings. The van der Waals surface area contributed by atoms with E-state index in [1.807, 2.05) is 0 Å². The zero-order chi connectivity index (χ0) is 18.0. The minimum Gasteiger partial charge on any atom is -0.423 e. The van der Waals surface area contributed by atoms with Gasteiger partial charge >= 0.3 is 5.97 Å². The van der Waals surface area contributed by atoms with Crippen LogP contribution in [0.15, 0.2) is 47.4 Å². The molecular formula is C17H9Cl2NO4S. The molecule has 0 radical (unpaired) electrons. The monoisotopic (exact) mass is 393 g/mol. The molecule has 2 aromatic rings. The van der Waals surface area contributed by atoms with Gasteiger partial charge in [-0.3, -0.25) is 14.9 Å². The van der Waals surface area contributed by atoms with Crippen molar-refractivity contribution >= 4 is 58.2 Å². The maximum atomic E-state index is 12.1. The number of carbonyl (C=O) groups excluding carboxylic acids is 3. The second-order valence-corrected chi connectivity index (χ2v) is 6.77. The standard InChI is InChI=1S/C17H9Cl2NO4S/c18-12-6-3-10(8-13(12)19)16(22)24-11-4-1-9(2-5-11)7-14-15(21)20-17(23)25-14/h1-8H,(H,20,21,23)/b14-7+. The maximum absolute atomic E-state index is 12.1. The second kappa shape index (κ2) is 7.31. The van der Waals surface area contributed by atoms with E-state index in [0.717, 1.165) is 11.8 Å². The lowest BCUT2D eigenvalue weighted by molar-refractivity contribution is -0.115. The Bertz CT molecular complexity index is 909. The Kier molecular flexibility index (Phi) is 5.13. The molecule has 1 N–H and O–H groups in total. The van der Waals surface area contributed by atoms with Crippen LogP contribution < -0.4 is 10.1 Å². The van der Waals surface area contributed by atoms with Gasteiger partial charge in [0.05, 0.1) is 20.5 Å². The highest BCUT2D eigenvalue weighted by Crippen LogP contribution is 2.27. The SMILES string of the molecule is O=C1NC(=O)/C(=C\c2ccc(OC(=O)c3ccc(Cl)c(Cl)c3)cc2)S1. The fraction of sp³-hybridized carbons (Fsp3) is 0. The summed E-state index contributed by atoms with van der Waals surface area (Å²) in [4.78, 5) is 35.0. The summed E-state index contributed by atoms with van der Waals surface area (Å²) in [5.74, 6) is -0.663. The predicted octanol–water partition coefficient (Wildman–Crippen LogP) is 4.54. The van der Waals surface area contributed by atoms with Crippen LogP contribution >= 0.6 is 35.0 Å². The van der Waals surface area contributed by atoms with Crippen molar-refractivity contribution in [2.24, 2.45) is 0 Å². The number of hydrogen-bond acceptors (Lipinski definition) is 5. The van der Waals surface area contributed by atoms with Gasteiger partial charge in [0.1, 0.15) is 5.75 Å². The summed E-state index contributed by atoms with van der Waals surface area (Å²) in [6.07, 6.45) is 1.58. The third-order valence-corrected chi connectivity index (χ3v) is 4.74. The van der Waals surface area contributed by atoms with Gasteiger partial charge in [-0.25, -0.2) is 4.79 Å². The highest BCUT2D eigenvalue weighted by atomic mass is 35.5. The maximum Gasteiger partial charge on any atom is 0.343 e. The summed E-state index contributed by atoms with van der Waals surface area (Å²) < 4.78 is 5.26. The molecule has 1 aliphatic heterocycles. The molecule has 0 unspecified atom stereocenters. The normalized spacial score (nSPS) is 15.4. The molecule has 5 nitrogen and oxygen atoms in total. The average Bonchev–Trinajstić information content (AvgIpc) is 2.89. The van der Waals surface area contributed by atoms with E-state index in [-0.39, 0.29) is 10.6 Å². The molecular weight excluding hydrogens is 385 g/mol. The van der Waals surface area contributed by atoms with Gasteiger partial charge in [0.25, 0.3) is 11.1 Å². The van der Waals surface area contributed by atoms with Gasteiger partial charge in [-0.15, -0.1) is 0 Å². The van der Waals surface area contributed by atoms with Crippen LogP contribution in [0.5, 0.6) is 5.75 Å². The lowest BCUT2D eigenvalue weighted by Gasteiger charge is -2.05. The molecule has 2 aromatic carbocycles. The Balaban J connectivity index is 1.71. The van der Waals surface area contributed by atoms with Crippen LogP contribution in [0.2, 0.25) is 10.0 Å². The first-order valence-corrected chi connectivity index (χ1v) is 8.52. The molecule has 8 heteroatoms. The van der Waals surface area contributed by atoms with Crippen molar-refractivity contribution in [2.75, 3.05) is 0 Å². The topological polar surface area (TPSA) is 72.5 Å². The highest BCUT2D eigenvalue weighted by Gasteiger charge is 2.24. The molecule has 0 spiro atoms. The Morgan fingerprint density at radius 2 is 1.76 bits per heavy atom. The number of benzene rings is 2. The highest BCUT2D eigenvalue weighted by molar-refractivity contribution is 8.18. The van der Waals surface area contributed by atoms with E-state index in [2.05, 4.69) is 5.32 Å². The van der Waals surface area contributed by atoms with Gasteiger partial charge in [0, 0.05) is 0 Å². The molecule has 0 aliphatic carbocycles. The predicted molar refractivity (Wildman–Crippen MR) is 97.0 cm³/mol. The number of amides is 2. The number of ether oxygens (including phenoxy) is 1. The number of hydrogen-bond donors (Lipinski definition) is 1. The van der Waals surface area contributed by atoms with Gasteiger partial charge in [-0.1, -0.05) is 35.3 Å². The lowest BCUT2D eigenvalue weighted by atomic mass is 10.2. The van der Waals surface area contributed by atoms with Crippen LogP contribution in [-0.4, -0.2) is 17.1 Å². The molecule has 3 rings (SSSR count). The summed E-state index contributed by atoms with van der Waals surface area (Å²) in [5.41, 5.74) is 0.972. The zero-order valence-corrected chi connectivity index (χ0v) is 14.7. The first-order chi connectivity index (χ1) is 11.9. The van der Waals surface area contributed by atoms with Gasteiger partial charge in [0.15, 0.2) is 0 Å². The van der Waals surface area contributed by atoms with Gasteiger partial charge < -0.3 is 4.74 Å². The quantitative estimate of drug-likeness (QED) is 0.470. The minimum absolute atomic E-state index is 0.264. The van der Waals surface area contributed by atoms with Crippen LogP contribution in [0.1, 0.15) is 15.9 Å². The van der Waals surface area contributed by atoms with Crippen molar-refractivity contribution in [3.63, 3.8) is 0 Å². The molecule has 126 valence electrons. The van der Waals surface area contributed by atoms with E-state index < -0.39 is 17.1 Å². The first-order valence-electron chi connectivity index (χ1n) is 6.94. The number of esters is 1. The molecule has 1 saturated heterocycles. The van der Waals surface area contributed by atoms with Crippen LogP contribution in [0, 0.1) is 0 Å². The molecule has 0 atom stereocenters. The van der Waals surface area contributed by atoms with Crippen LogP contribution in [0.25, 0.3) is 6.08 Å². The summed E-state index contributed by atoms with van der Waals surface area (Å²) in [6.45, 7) is 0. The molecule has 0 bridgehead atoms. The number of nitrogens with one attached hydrogen (secondary N) is 1. The third kappa shape index (κ3) is 4.22. The Morgan fingerprint density at radius 3 is 2.36 bits per heavy atom. The number of rotatable bonds is 3. The molecule has 0 saturated carbocycles. The first kappa shape index (κ1) is 17.5. The average molecular weight is 394 g/mol. The summed E-state index contributed by atoms with van der Waals surface area (Å²) in [6, 6.07) is 11.0. The largest absolute Gasteiger partial charge is 0.423 e. The number of halogens is 2. The number of thioether (sulfide) groups is 1. The van der Waals surface area contributed by atoms with Crippen LogP contribution in [0.3, 0.4) is 0 Å². The molecule has 0 aromatic heterocycles. The van der Waals surface area contributed by atoms with Crippen molar-refractivity contribution in [1.82, 2.24) is 5.32 Å². The summed E-state index contributed by atoms with van der Waals surface area (Å²) in [5, 5.41) is 2.39. The van der Waals surface area contributed by atoms with E-state index in [9.17, 15) is 14.4 Å². The molecule has 2 amide bonds. The van der Waals surface area contributed by atoms with Crippen molar-refractivity contribution in [2.45, 2.75) is 0 Å². The van der Waals surface area contributed by atoms with E-state index in [1.165, 1.54) is 18.2 Å².